The van der Waals surface area contributed by atoms with Crippen molar-refractivity contribution in [2.45, 2.75) is 39.3 Å². The van der Waals surface area contributed by atoms with Crippen molar-refractivity contribution in [1.29, 1.82) is 0 Å². The molecule has 0 aliphatic carbocycles. The maximum Gasteiger partial charge on any atom is 0.228 e. The second kappa shape index (κ2) is 7.46. The maximum absolute atomic E-state index is 4.80. The Balaban J connectivity index is 1.42. The Kier molecular flexibility index (Phi) is 4.74. The predicted molar refractivity (Wildman–Crippen MR) is 125 cm³/mol. The van der Waals surface area contributed by atoms with E-state index in [1.807, 2.05) is 36.9 Å². The van der Waals surface area contributed by atoms with Gasteiger partial charge in [0, 0.05) is 42.8 Å². The molecule has 1 fully saturated rings. The smallest absolute Gasteiger partial charge is 0.228 e. The van der Waals surface area contributed by atoms with E-state index in [2.05, 4.69) is 68.8 Å². The van der Waals surface area contributed by atoms with Crippen LogP contribution >= 0.6 is 0 Å². The first-order chi connectivity index (χ1) is 14.9. The first-order valence-electron chi connectivity index (χ1n) is 10.7. The van der Waals surface area contributed by atoms with Gasteiger partial charge < -0.3 is 20.1 Å². The molecule has 0 bridgehead atoms. The van der Waals surface area contributed by atoms with E-state index in [-0.39, 0.29) is 5.54 Å². The van der Waals surface area contributed by atoms with Crippen molar-refractivity contribution in [3.05, 3.63) is 43.0 Å². The van der Waals surface area contributed by atoms with Gasteiger partial charge in [0.15, 0.2) is 0 Å². The normalized spacial score (nSPS) is 16.4. The summed E-state index contributed by atoms with van der Waals surface area (Å²) in [6, 6.07) is 8.41. The highest BCUT2D eigenvalue weighted by molar-refractivity contribution is 6.02. The lowest BCUT2D eigenvalue weighted by Crippen LogP contribution is -2.57. The summed E-state index contributed by atoms with van der Waals surface area (Å²) >= 11 is 0. The molecule has 0 saturated carbocycles. The summed E-state index contributed by atoms with van der Waals surface area (Å²) in [5.74, 6) is 1.25. The van der Waals surface area contributed by atoms with Crippen LogP contribution in [0, 0.1) is 0 Å². The molecular formula is C23H28N8. The highest BCUT2D eigenvalue weighted by Gasteiger charge is 2.25. The Bertz CT molecular complexity index is 1230. The number of imidazole rings is 1. The first kappa shape index (κ1) is 19.7. The van der Waals surface area contributed by atoms with Crippen LogP contribution in [-0.4, -0.2) is 49.7 Å². The monoisotopic (exact) mass is 416 g/mol. The molecule has 0 radical (unpaired) electrons. The van der Waals surface area contributed by atoms with E-state index in [9.17, 15) is 0 Å². The number of piperazine rings is 1. The third-order valence-electron chi connectivity index (χ3n) is 5.76. The van der Waals surface area contributed by atoms with Crippen molar-refractivity contribution in [3.63, 3.8) is 0 Å². The van der Waals surface area contributed by atoms with E-state index >= 15 is 0 Å². The van der Waals surface area contributed by atoms with Gasteiger partial charge in [-0.25, -0.2) is 19.9 Å². The van der Waals surface area contributed by atoms with Crippen molar-refractivity contribution >= 4 is 39.4 Å². The van der Waals surface area contributed by atoms with Crippen LogP contribution in [0.25, 0.3) is 21.9 Å². The van der Waals surface area contributed by atoms with Crippen molar-refractivity contribution in [1.82, 2.24) is 29.8 Å². The molecule has 0 unspecified atom stereocenters. The summed E-state index contributed by atoms with van der Waals surface area (Å²) < 4.78 is 2.15. The summed E-state index contributed by atoms with van der Waals surface area (Å²) in [5, 5.41) is 7.79. The molecule has 1 aromatic carbocycles. The van der Waals surface area contributed by atoms with E-state index in [0.717, 1.165) is 53.1 Å². The van der Waals surface area contributed by atoms with E-state index in [0.29, 0.717) is 12.0 Å². The zero-order valence-electron chi connectivity index (χ0n) is 18.4. The Morgan fingerprint density at radius 2 is 1.94 bits per heavy atom. The van der Waals surface area contributed by atoms with Crippen LogP contribution in [0.2, 0.25) is 0 Å². The van der Waals surface area contributed by atoms with E-state index in [1.54, 1.807) is 0 Å². The average Bonchev–Trinajstić information content (AvgIpc) is 3.19. The van der Waals surface area contributed by atoms with Crippen LogP contribution in [-0.2, 0) is 0 Å². The molecule has 8 heteroatoms. The molecule has 8 nitrogen and oxygen atoms in total. The zero-order chi connectivity index (χ0) is 21.6. The minimum absolute atomic E-state index is 0.0992. The lowest BCUT2D eigenvalue weighted by atomic mass is 10.0. The highest BCUT2D eigenvalue weighted by Crippen LogP contribution is 2.27. The van der Waals surface area contributed by atoms with Crippen molar-refractivity contribution in [3.8, 4) is 0 Å². The largest absolute Gasteiger partial charge is 0.367 e. The summed E-state index contributed by atoms with van der Waals surface area (Å²) in [5.41, 5.74) is 4.08. The fourth-order valence-corrected chi connectivity index (χ4v) is 4.19. The number of pyridine rings is 1. The number of rotatable bonds is 4. The molecule has 4 aromatic rings. The van der Waals surface area contributed by atoms with Gasteiger partial charge in [-0.15, -0.1) is 0 Å². The first-order valence-corrected chi connectivity index (χ1v) is 10.7. The molecule has 5 rings (SSSR count). The van der Waals surface area contributed by atoms with Gasteiger partial charge in [0.05, 0.1) is 29.2 Å². The number of hydrogen-bond donors (Lipinski definition) is 2. The second-order valence-electron chi connectivity index (χ2n) is 9.07. The molecule has 0 atom stereocenters. The number of fused-ring (bicyclic) bond motifs is 3. The Hall–Kier alpha value is -3.26. The van der Waals surface area contributed by atoms with E-state index in [4.69, 9.17) is 4.98 Å². The third-order valence-corrected chi connectivity index (χ3v) is 5.76. The second-order valence-corrected chi connectivity index (χ2v) is 9.07. The fraction of sp³-hybridized carbons (Fsp3) is 0.391. The number of hydrogen-bond acceptors (Lipinski definition) is 7. The number of anilines is 3. The molecule has 4 heterocycles. The zero-order valence-corrected chi connectivity index (χ0v) is 18.4. The molecule has 0 spiro atoms. The van der Waals surface area contributed by atoms with Crippen LogP contribution in [0.1, 0.15) is 33.7 Å². The number of aromatic nitrogens is 5. The van der Waals surface area contributed by atoms with Gasteiger partial charge in [-0.1, -0.05) is 0 Å². The molecule has 160 valence electrons. The fourth-order valence-electron chi connectivity index (χ4n) is 4.19. The van der Waals surface area contributed by atoms with Gasteiger partial charge in [-0.05, 0) is 52.0 Å². The number of benzene rings is 1. The molecule has 1 saturated heterocycles. The van der Waals surface area contributed by atoms with Crippen molar-refractivity contribution in [2.24, 2.45) is 0 Å². The summed E-state index contributed by atoms with van der Waals surface area (Å²) in [4.78, 5) is 20.8. The molecule has 0 amide bonds. The standard InChI is InChI=1S/C23H28N8/c1-15(2)31-14-26-18-7-5-16-11-25-22(29-20(16)21(18)31)28-19-8-6-17(12-24-19)30-10-9-27-23(3,4)13-30/h5-8,11-12,14-15,27H,9-10,13H2,1-4H3,(H,24,25,28,29). The van der Waals surface area contributed by atoms with Crippen LogP contribution in [0.3, 0.4) is 0 Å². The average molecular weight is 417 g/mol. The molecule has 1 aliphatic heterocycles. The van der Waals surface area contributed by atoms with Crippen molar-refractivity contribution in [2.75, 3.05) is 29.9 Å². The topological polar surface area (TPSA) is 83.8 Å². The van der Waals surface area contributed by atoms with E-state index < -0.39 is 0 Å². The Morgan fingerprint density at radius 3 is 2.68 bits per heavy atom. The molecule has 31 heavy (non-hydrogen) atoms. The molecule has 1 aliphatic rings. The van der Waals surface area contributed by atoms with Crippen LogP contribution in [0.5, 0.6) is 0 Å². The highest BCUT2D eigenvalue weighted by atomic mass is 15.2. The van der Waals surface area contributed by atoms with Crippen LogP contribution in [0.4, 0.5) is 17.5 Å². The lowest BCUT2D eigenvalue weighted by molar-refractivity contribution is 0.353. The molecular weight excluding hydrogens is 388 g/mol. The van der Waals surface area contributed by atoms with Gasteiger partial charge in [0.25, 0.3) is 0 Å². The number of nitrogens with zero attached hydrogens (tertiary/aromatic N) is 6. The minimum atomic E-state index is 0.0992. The van der Waals surface area contributed by atoms with Gasteiger partial charge in [-0.2, -0.15) is 0 Å². The third kappa shape index (κ3) is 3.79. The van der Waals surface area contributed by atoms with Crippen LogP contribution in [0.15, 0.2) is 43.0 Å². The summed E-state index contributed by atoms with van der Waals surface area (Å²) in [6.45, 7) is 11.6. The predicted octanol–water partition coefficient (Wildman–Crippen LogP) is 3.89. The van der Waals surface area contributed by atoms with Crippen molar-refractivity contribution < 1.29 is 0 Å². The molecule has 3 aromatic heterocycles. The minimum Gasteiger partial charge on any atom is -0.367 e. The van der Waals surface area contributed by atoms with Gasteiger partial charge in [0.2, 0.25) is 5.95 Å². The lowest BCUT2D eigenvalue weighted by Gasteiger charge is -2.40. The quantitative estimate of drug-likeness (QED) is 0.522. The Labute approximate surface area is 181 Å². The SMILES string of the molecule is CC(C)n1cnc2ccc3cnc(Nc4ccc(N5CCNC(C)(C)C5)cn4)nc3c21. The van der Waals surface area contributed by atoms with Gasteiger partial charge in [-0.3, -0.25) is 0 Å². The van der Waals surface area contributed by atoms with E-state index in [1.165, 1.54) is 0 Å². The van der Waals surface area contributed by atoms with Crippen LogP contribution < -0.4 is 15.5 Å². The van der Waals surface area contributed by atoms with Gasteiger partial charge >= 0.3 is 0 Å². The molecule has 2 N–H and O–H groups in total. The van der Waals surface area contributed by atoms with Gasteiger partial charge in [0.1, 0.15) is 11.3 Å². The number of nitrogens with one attached hydrogen (secondary N) is 2. The summed E-state index contributed by atoms with van der Waals surface area (Å²) in [7, 11) is 0. The summed E-state index contributed by atoms with van der Waals surface area (Å²) in [6.07, 6.45) is 5.64. The maximum atomic E-state index is 4.80. The Morgan fingerprint density at radius 1 is 1.06 bits per heavy atom.